The van der Waals surface area contributed by atoms with Crippen LogP contribution in [-0.2, 0) is 4.74 Å². The van der Waals surface area contributed by atoms with Crippen LogP contribution in [-0.4, -0.2) is 39.0 Å². The smallest absolute Gasteiger partial charge is 0.340 e. The van der Waals surface area contributed by atoms with E-state index in [2.05, 4.69) is 30.7 Å². The maximum absolute atomic E-state index is 12.3. The molecule has 3 aromatic rings. The summed E-state index contributed by atoms with van der Waals surface area (Å²) >= 11 is 0. The van der Waals surface area contributed by atoms with Crippen molar-refractivity contribution in [2.75, 3.05) is 12.5 Å². The second-order valence-corrected chi connectivity index (χ2v) is 5.26. The van der Waals surface area contributed by atoms with Crippen LogP contribution in [0.2, 0.25) is 0 Å². The number of anilines is 1. The van der Waals surface area contributed by atoms with Crippen molar-refractivity contribution in [3.05, 3.63) is 64.0 Å². The first-order valence-corrected chi connectivity index (χ1v) is 7.66. The van der Waals surface area contributed by atoms with Gasteiger partial charge in [-0.1, -0.05) is 5.16 Å². The number of esters is 1. The fourth-order valence-corrected chi connectivity index (χ4v) is 2.16. The number of nitrogens with zero attached hydrogens (tertiary/aromatic N) is 4. The van der Waals surface area contributed by atoms with Crippen LogP contribution in [0.25, 0.3) is 11.4 Å². The van der Waals surface area contributed by atoms with E-state index in [4.69, 9.17) is 4.52 Å². The van der Waals surface area contributed by atoms with Gasteiger partial charge in [-0.2, -0.15) is 4.98 Å². The van der Waals surface area contributed by atoms with E-state index in [0.29, 0.717) is 5.56 Å². The molecule has 3 rings (SSSR count). The van der Waals surface area contributed by atoms with Crippen LogP contribution >= 0.6 is 0 Å². The van der Waals surface area contributed by atoms with E-state index in [-0.39, 0.29) is 23.0 Å². The molecule has 28 heavy (non-hydrogen) atoms. The fourth-order valence-electron chi connectivity index (χ4n) is 2.16. The van der Waals surface area contributed by atoms with Crippen molar-refractivity contribution < 1.29 is 23.8 Å². The summed E-state index contributed by atoms with van der Waals surface area (Å²) in [6.07, 6.45) is 3.11. The zero-order valence-electron chi connectivity index (χ0n) is 14.3. The Morgan fingerprint density at radius 3 is 2.57 bits per heavy atom. The van der Waals surface area contributed by atoms with Gasteiger partial charge in [0.1, 0.15) is 0 Å². The molecule has 0 bridgehead atoms. The van der Waals surface area contributed by atoms with Gasteiger partial charge in [-0.15, -0.1) is 0 Å². The average Bonchev–Trinajstić information content (AvgIpc) is 3.20. The molecule has 2 aromatic heterocycles. The number of nitrogens with one attached hydrogen (secondary N) is 2. The number of methoxy groups -OCH3 is 1. The Bertz CT molecular complexity index is 1040. The lowest BCUT2D eigenvalue weighted by Crippen LogP contribution is -2.29. The number of ether oxygens (including phenoxy) is 1. The van der Waals surface area contributed by atoms with Crippen molar-refractivity contribution in [1.82, 2.24) is 20.6 Å². The highest BCUT2D eigenvalue weighted by Gasteiger charge is 2.19. The van der Waals surface area contributed by atoms with Crippen LogP contribution in [0.15, 0.2) is 47.2 Å². The van der Waals surface area contributed by atoms with Crippen LogP contribution in [0.5, 0.6) is 0 Å². The second-order valence-electron chi connectivity index (χ2n) is 5.26. The number of nitro benzene ring substituents is 1. The molecule has 0 saturated carbocycles. The summed E-state index contributed by atoms with van der Waals surface area (Å²) in [5.74, 6) is -1.32. The summed E-state index contributed by atoms with van der Waals surface area (Å²) in [4.78, 5) is 42.1. The van der Waals surface area contributed by atoms with Gasteiger partial charge < -0.3 is 9.26 Å². The molecule has 142 valence electrons. The molecule has 0 atom stereocenters. The first-order valence-electron chi connectivity index (χ1n) is 7.66. The number of hydrogen-bond donors (Lipinski definition) is 2. The third kappa shape index (κ3) is 4.07. The Hall–Kier alpha value is -4.35. The van der Waals surface area contributed by atoms with Gasteiger partial charge in [0.2, 0.25) is 5.82 Å². The Kier molecular flexibility index (Phi) is 5.21. The minimum absolute atomic E-state index is 0.112. The van der Waals surface area contributed by atoms with Crippen LogP contribution in [0.4, 0.5) is 11.7 Å². The zero-order chi connectivity index (χ0) is 20.1. The van der Waals surface area contributed by atoms with Crippen LogP contribution in [0.1, 0.15) is 20.7 Å². The molecule has 12 nitrogen and oxygen atoms in total. The van der Waals surface area contributed by atoms with Gasteiger partial charge in [0.25, 0.3) is 11.6 Å². The highest BCUT2D eigenvalue weighted by Crippen LogP contribution is 2.19. The van der Waals surface area contributed by atoms with Crippen LogP contribution < -0.4 is 10.9 Å². The maximum Gasteiger partial charge on any atom is 0.340 e. The minimum atomic E-state index is -0.815. The Balaban J connectivity index is 1.74. The number of carbonyl (C=O) groups excluding carboxylic acids is 2. The molecule has 1 aromatic carbocycles. The number of hydrazine groups is 1. The molecule has 2 heterocycles. The molecule has 0 unspecified atom stereocenters. The van der Waals surface area contributed by atoms with Gasteiger partial charge in [-0.3, -0.25) is 25.3 Å². The number of carbonyl (C=O) groups is 2. The number of amides is 1. The number of benzene rings is 1. The molecule has 2 N–H and O–H groups in total. The van der Waals surface area contributed by atoms with Gasteiger partial charge >= 0.3 is 12.0 Å². The Morgan fingerprint density at radius 2 is 1.89 bits per heavy atom. The number of non-ortho nitro benzene ring substituents is 1. The summed E-state index contributed by atoms with van der Waals surface area (Å²) in [5.41, 5.74) is 4.59. The standard InChI is InChI=1S/C16H12N6O6/c1-27-15(24)11-6-10(7-12(8-11)22(25)26)14(23)19-20-16-18-13(21-28-16)9-2-4-17-5-3-9/h2-8H,1H3,(H,19,23)(H,18,20,21). The predicted molar refractivity (Wildman–Crippen MR) is 93.1 cm³/mol. The highest BCUT2D eigenvalue weighted by atomic mass is 16.6. The number of pyridine rings is 1. The number of aromatic nitrogens is 3. The molecule has 12 heteroatoms. The molecule has 0 aliphatic carbocycles. The number of hydrogen-bond acceptors (Lipinski definition) is 10. The van der Waals surface area contributed by atoms with Crippen molar-refractivity contribution in [1.29, 1.82) is 0 Å². The summed E-state index contributed by atoms with van der Waals surface area (Å²) in [5, 5.41) is 14.8. The van der Waals surface area contributed by atoms with E-state index in [9.17, 15) is 19.7 Å². The molecule has 0 spiro atoms. The summed E-state index contributed by atoms with van der Waals surface area (Å²) in [6, 6.07) is 6.41. The lowest BCUT2D eigenvalue weighted by molar-refractivity contribution is -0.384. The van der Waals surface area contributed by atoms with E-state index < -0.39 is 22.5 Å². The fraction of sp³-hybridized carbons (Fsp3) is 0.0625. The first kappa shape index (κ1) is 18.4. The van der Waals surface area contributed by atoms with Gasteiger partial charge in [0, 0.05) is 35.7 Å². The molecule has 1 amide bonds. The van der Waals surface area contributed by atoms with Gasteiger partial charge in [-0.05, 0) is 18.2 Å². The summed E-state index contributed by atoms with van der Waals surface area (Å²) in [6.45, 7) is 0. The SMILES string of the molecule is COC(=O)c1cc(C(=O)NNc2nc(-c3ccncc3)no2)cc([N+](=O)[O-])c1. The quantitative estimate of drug-likeness (QED) is 0.362. The average molecular weight is 384 g/mol. The molecule has 0 aliphatic rings. The normalized spacial score (nSPS) is 10.2. The van der Waals surface area contributed by atoms with E-state index in [1.54, 1.807) is 24.5 Å². The Morgan fingerprint density at radius 1 is 1.18 bits per heavy atom. The van der Waals surface area contributed by atoms with Crippen molar-refractivity contribution in [2.45, 2.75) is 0 Å². The van der Waals surface area contributed by atoms with Gasteiger partial charge in [0.15, 0.2) is 0 Å². The highest BCUT2D eigenvalue weighted by molar-refractivity contribution is 5.99. The van der Waals surface area contributed by atoms with Crippen LogP contribution in [0.3, 0.4) is 0 Å². The van der Waals surface area contributed by atoms with Crippen molar-refractivity contribution >= 4 is 23.6 Å². The summed E-state index contributed by atoms with van der Waals surface area (Å²) in [7, 11) is 1.12. The lowest BCUT2D eigenvalue weighted by Gasteiger charge is -2.06. The van der Waals surface area contributed by atoms with E-state index in [1.165, 1.54) is 0 Å². The lowest BCUT2D eigenvalue weighted by atomic mass is 10.1. The largest absolute Gasteiger partial charge is 0.465 e. The third-order valence-corrected chi connectivity index (χ3v) is 3.46. The molecule has 0 fully saturated rings. The molecule has 0 saturated heterocycles. The van der Waals surface area contributed by atoms with Gasteiger partial charge in [-0.25, -0.2) is 10.2 Å². The maximum atomic E-state index is 12.3. The van der Waals surface area contributed by atoms with E-state index in [1.807, 2.05) is 0 Å². The molecule has 0 aliphatic heterocycles. The third-order valence-electron chi connectivity index (χ3n) is 3.46. The minimum Gasteiger partial charge on any atom is -0.465 e. The van der Waals surface area contributed by atoms with E-state index >= 15 is 0 Å². The first-order chi connectivity index (χ1) is 13.5. The van der Waals surface area contributed by atoms with Crippen molar-refractivity contribution in [3.63, 3.8) is 0 Å². The van der Waals surface area contributed by atoms with E-state index in [0.717, 1.165) is 25.3 Å². The monoisotopic (exact) mass is 384 g/mol. The number of rotatable bonds is 6. The summed E-state index contributed by atoms with van der Waals surface area (Å²) < 4.78 is 9.49. The number of nitro groups is 1. The molecular formula is C16H12N6O6. The molecular weight excluding hydrogens is 372 g/mol. The molecule has 0 radical (unpaired) electrons. The van der Waals surface area contributed by atoms with Gasteiger partial charge in [0.05, 0.1) is 17.6 Å². The topological polar surface area (TPSA) is 162 Å². The Labute approximate surface area is 156 Å². The van der Waals surface area contributed by atoms with Crippen LogP contribution in [0, 0.1) is 10.1 Å². The van der Waals surface area contributed by atoms with Crippen molar-refractivity contribution in [2.24, 2.45) is 0 Å². The predicted octanol–water partition coefficient (Wildman–Crippen LogP) is 1.58. The second kappa shape index (κ2) is 7.90. The van der Waals surface area contributed by atoms with Crippen molar-refractivity contribution in [3.8, 4) is 11.4 Å². The zero-order valence-corrected chi connectivity index (χ0v) is 14.3.